The fraction of sp³-hybridized carbons (Fsp3) is 1.00. The average molecular weight is 286 g/mol. The van der Waals surface area contributed by atoms with Crippen molar-refractivity contribution in [1.29, 1.82) is 0 Å². The van der Waals surface area contributed by atoms with Gasteiger partial charge in [-0.1, -0.05) is 6.92 Å². The third-order valence-corrected chi connectivity index (χ3v) is 5.11. The van der Waals surface area contributed by atoms with Gasteiger partial charge in [0.25, 0.3) is 10.2 Å². The molecule has 17 heavy (non-hydrogen) atoms. The minimum Gasteiger partial charge on any atom is -0.317 e. The van der Waals surface area contributed by atoms with Gasteiger partial charge in [0.15, 0.2) is 0 Å². The van der Waals surface area contributed by atoms with Crippen LogP contribution in [-0.2, 0) is 10.2 Å². The van der Waals surface area contributed by atoms with E-state index < -0.39 is 10.2 Å². The predicted octanol–water partition coefficient (Wildman–Crippen LogP) is 0.679. The molecule has 1 heterocycles. The van der Waals surface area contributed by atoms with E-state index in [0.717, 1.165) is 19.3 Å². The highest BCUT2D eigenvalue weighted by Crippen LogP contribution is 2.16. The summed E-state index contributed by atoms with van der Waals surface area (Å²) in [5, 5.41) is 3.20. The molecule has 5 nitrogen and oxygen atoms in total. The van der Waals surface area contributed by atoms with E-state index in [2.05, 4.69) is 5.32 Å². The van der Waals surface area contributed by atoms with Crippen LogP contribution in [0.25, 0.3) is 0 Å². The van der Waals surface area contributed by atoms with Crippen molar-refractivity contribution in [2.45, 2.75) is 32.2 Å². The lowest BCUT2D eigenvalue weighted by Gasteiger charge is -2.33. The van der Waals surface area contributed by atoms with E-state index in [4.69, 9.17) is 0 Å². The number of halogens is 1. The Bertz CT molecular complexity index is 303. The van der Waals surface area contributed by atoms with Crippen molar-refractivity contribution < 1.29 is 8.42 Å². The van der Waals surface area contributed by atoms with E-state index in [1.165, 1.54) is 4.31 Å². The highest BCUT2D eigenvalue weighted by Gasteiger charge is 2.29. The lowest BCUT2D eigenvalue weighted by atomic mass is 10.1. The first-order chi connectivity index (χ1) is 7.52. The summed E-state index contributed by atoms with van der Waals surface area (Å²) in [6.45, 7) is 3.83. The Morgan fingerprint density at radius 2 is 1.88 bits per heavy atom. The Kier molecular flexibility index (Phi) is 7.58. The summed E-state index contributed by atoms with van der Waals surface area (Å²) in [6, 6.07) is 0.461. The van der Waals surface area contributed by atoms with Crippen LogP contribution in [0.4, 0.5) is 0 Å². The molecule has 0 aliphatic carbocycles. The van der Waals surface area contributed by atoms with E-state index in [0.29, 0.717) is 25.7 Å². The molecule has 7 heteroatoms. The van der Waals surface area contributed by atoms with Gasteiger partial charge in [-0.15, -0.1) is 12.4 Å². The quantitative estimate of drug-likeness (QED) is 0.808. The first-order valence-corrected chi connectivity index (χ1v) is 7.30. The first-order valence-electron chi connectivity index (χ1n) is 5.91. The van der Waals surface area contributed by atoms with Crippen LogP contribution in [0.2, 0.25) is 0 Å². The number of piperidine rings is 1. The lowest BCUT2D eigenvalue weighted by Crippen LogP contribution is -2.48. The van der Waals surface area contributed by atoms with Crippen LogP contribution >= 0.6 is 12.4 Å². The van der Waals surface area contributed by atoms with Crippen LogP contribution in [0.5, 0.6) is 0 Å². The summed E-state index contributed by atoms with van der Waals surface area (Å²) in [5.41, 5.74) is 0. The Hall–Kier alpha value is 0.120. The summed E-state index contributed by atoms with van der Waals surface area (Å²) in [4.78, 5) is 0. The van der Waals surface area contributed by atoms with Crippen molar-refractivity contribution in [2.24, 2.45) is 0 Å². The molecule has 0 saturated carbocycles. The summed E-state index contributed by atoms with van der Waals surface area (Å²) in [7, 11) is 0.367. The van der Waals surface area contributed by atoms with Gasteiger partial charge in [-0.3, -0.25) is 0 Å². The Morgan fingerprint density at radius 3 is 2.29 bits per heavy atom. The fourth-order valence-electron chi connectivity index (χ4n) is 2.00. The monoisotopic (exact) mass is 285 g/mol. The molecule has 0 bridgehead atoms. The van der Waals surface area contributed by atoms with Crippen molar-refractivity contribution in [3.8, 4) is 0 Å². The van der Waals surface area contributed by atoms with Crippen LogP contribution < -0.4 is 5.32 Å². The molecule has 1 N–H and O–H groups in total. The summed E-state index contributed by atoms with van der Waals surface area (Å²) < 4.78 is 27.2. The number of nitrogens with zero attached hydrogens (tertiary/aromatic N) is 2. The van der Waals surface area contributed by atoms with Gasteiger partial charge in [-0.25, -0.2) is 0 Å². The second-order valence-corrected chi connectivity index (χ2v) is 6.33. The Morgan fingerprint density at radius 1 is 1.35 bits per heavy atom. The zero-order valence-electron chi connectivity index (χ0n) is 10.8. The number of rotatable bonds is 5. The molecule has 1 fully saturated rings. The van der Waals surface area contributed by atoms with Crippen molar-refractivity contribution in [2.75, 3.05) is 33.7 Å². The van der Waals surface area contributed by atoms with Crippen LogP contribution in [0.3, 0.4) is 0 Å². The second kappa shape index (κ2) is 7.53. The number of hydrogen-bond donors (Lipinski definition) is 1. The van der Waals surface area contributed by atoms with E-state index >= 15 is 0 Å². The van der Waals surface area contributed by atoms with Gasteiger partial charge in [0.05, 0.1) is 0 Å². The topological polar surface area (TPSA) is 52.7 Å². The van der Waals surface area contributed by atoms with E-state index in [1.54, 1.807) is 11.4 Å². The van der Waals surface area contributed by atoms with Crippen molar-refractivity contribution in [1.82, 2.24) is 13.9 Å². The maximum Gasteiger partial charge on any atom is 0.281 e. The lowest BCUT2D eigenvalue weighted by molar-refractivity contribution is 0.280. The third-order valence-electron chi connectivity index (χ3n) is 3.12. The minimum absolute atomic E-state index is 0. The Balaban J connectivity index is 0.00000256. The minimum atomic E-state index is -3.22. The molecule has 0 amide bonds. The fourth-order valence-corrected chi connectivity index (χ4v) is 3.48. The normalized spacial score (nSPS) is 19.3. The zero-order valence-corrected chi connectivity index (χ0v) is 12.5. The van der Waals surface area contributed by atoms with E-state index in [1.807, 2.05) is 14.0 Å². The predicted molar refractivity (Wildman–Crippen MR) is 72.7 cm³/mol. The van der Waals surface area contributed by atoms with Gasteiger partial charge in [-0.05, 0) is 26.3 Å². The largest absolute Gasteiger partial charge is 0.317 e. The van der Waals surface area contributed by atoms with Crippen LogP contribution in [-0.4, -0.2) is 56.8 Å². The molecule has 0 unspecified atom stereocenters. The molecule has 0 aromatic carbocycles. The highest BCUT2D eigenvalue weighted by molar-refractivity contribution is 7.86. The van der Waals surface area contributed by atoms with Gasteiger partial charge in [0, 0.05) is 32.7 Å². The molecule has 1 aliphatic heterocycles. The molecule has 0 aromatic heterocycles. The molecular formula is C10H24ClN3O2S. The highest BCUT2D eigenvalue weighted by atomic mass is 35.5. The number of hydrogen-bond acceptors (Lipinski definition) is 3. The zero-order chi connectivity index (χ0) is 12.2. The van der Waals surface area contributed by atoms with Crippen LogP contribution in [0, 0.1) is 0 Å². The van der Waals surface area contributed by atoms with E-state index in [-0.39, 0.29) is 12.4 Å². The summed E-state index contributed by atoms with van der Waals surface area (Å²) in [6.07, 6.45) is 2.65. The maximum atomic E-state index is 12.1. The van der Waals surface area contributed by atoms with Crippen LogP contribution in [0.15, 0.2) is 0 Å². The van der Waals surface area contributed by atoms with E-state index in [9.17, 15) is 8.42 Å². The summed E-state index contributed by atoms with van der Waals surface area (Å²) >= 11 is 0. The van der Waals surface area contributed by atoms with Gasteiger partial charge < -0.3 is 5.32 Å². The third kappa shape index (κ3) is 4.37. The molecule has 0 spiro atoms. The van der Waals surface area contributed by atoms with Gasteiger partial charge >= 0.3 is 0 Å². The molecule has 1 saturated heterocycles. The first kappa shape index (κ1) is 17.1. The summed E-state index contributed by atoms with van der Waals surface area (Å²) in [5.74, 6) is 0. The SMILES string of the molecule is CCCN(C)S(=O)(=O)N1CCC(NC)CC1.Cl. The smallest absolute Gasteiger partial charge is 0.281 e. The number of nitrogens with one attached hydrogen (secondary N) is 1. The van der Waals surface area contributed by atoms with Crippen molar-refractivity contribution in [3.63, 3.8) is 0 Å². The molecule has 104 valence electrons. The molecule has 0 aromatic rings. The molecule has 0 atom stereocenters. The van der Waals surface area contributed by atoms with Gasteiger partial charge in [0.1, 0.15) is 0 Å². The second-order valence-electron chi connectivity index (χ2n) is 4.29. The van der Waals surface area contributed by atoms with Crippen molar-refractivity contribution in [3.05, 3.63) is 0 Å². The van der Waals surface area contributed by atoms with Gasteiger partial charge in [0.2, 0.25) is 0 Å². The maximum absolute atomic E-state index is 12.1. The molecule has 1 rings (SSSR count). The molecule has 0 radical (unpaired) electrons. The van der Waals surface area contributed by atoms with Gasteiger partial charge in [-0.2, -0.15) is 17.0 Å². The Labute approximate surface area is 111 Å². The molecular weight excluding hydrogens is 262 g/mol. The molecule has 1 aliphatic rings. The van der Waals surface area contributed by atoms with Crippen molar-refractivity contribution >= 4 is 22.6 Å². The average Bonchev–Trinajstić information content (AvgIpc) is 2.29. The standard InChI is InChI=1S/C10H23N3O2S.ClH/c1-4-7-12(3)16(14,15)13-8-5-10(11-2)6-9-13;/h10-11H,4-9H2,1-3H3;1H. The van der Waals surface area contributed by atoms with Crippen LogP contribution in [0.1, 0.15) is 26.2 Å².